The van der Waals surface area contributed by atoms with Crippen molar-refractivity contribution in [2.75, 3.05) is 32.7 Å². The molecular weight excluding hydrogens is 268 g/mol. The largest absolute Gasteiger partial charge is 0.325 e. The zero-order chi connectivity index (χ0) is 15.2. The topological polar surface area (TPSA) is 8.88 Å². The molecule has 1 heterocycles. The van der Waals surface area contributed by atoms with Crippen LogP contribution in [0.15, 0.2) is 60.7 Å². The van der Waals surface area contributed by atoms with Crippen molar-refractivity contribution in [3.63, 3.8) is 0 Å². The Labute approximate surface area is 134 Å². The quantitative estimate of drug-likeness (QED) is 0.807. The molecule has 0 aliphatic carbocycles. The number of quaternary nitrogens is 2. The van der Waals surface area contributed by atoms with Gasteiger partial charge in [0.05, 0.1) is 6.54 Å². The highest BCUT2D eigenvalue weighted by Crippen LogP contribution is 2.11. The zero-order valence-electron chi connectivity index (χ0n) is 13.6. The van der Waals surface area contributed by atoms with Crippen molar-refractivity contribution >= 4 is 0 Å². The van der Waals surface area contributed by atoms with Crippen LogP contribution in [0, 0.1) is 0 Å². The molecule has 1 aliphatic heterocycles. The molecular formula is C20H28N2+2. The van der Waals surface area contributed by atoms with Gasteiger partial charge in [-0.05, 0) is 5.56 Å². The highest BCUT2D eigenvalue weighted by molar-refractivity contribution is 5.18. The summed E-state index contributed by atoms with van der Waals surface area (Å²) in [6.45, 7) is 10.0. The molecule has 0 saturated carbocycles. The van der Waals surface area contributed by atoms with Crippen LogP contribution < -0.4 is 9.80 Å². The Morgan fingerprint density at radius 1 is 0.773 bits per heavy atom. The maximum atomic E-state index is 2.37. The van der Waals surface area contributed by atoms with Gasteiger partial charge in [0, 0.05) is 11.5 Å². The average Bonchev–Trinajstić information content (AvgIpc) is 2.58. The van der Waals surface area contributed by atoms with Gasteiger partial charge in [0.25, 0.3) is 0 Å². The molecule has 3 rings (SSSR count). The van der Waals surface area contributed by atoms with Crippen molar-refractivity contribution in [1.29, 1.82) is 0 Å². The Hall–Kier alpha value is -1.64. The van der Waals surface area contributed by atoms with Crippen molar-refractivity contribution in [3.05, 3.63) is 71.8 Å². The molecule has 0 amide bonds. The molecule has 1 aliphatic rings. The first-order valence-corrected chi connectivity index (χ1v) is 8.57. The van der Waals surface area contributed by atoms with E-state index in [0.29, 0.717) is 5.92 Å². The fraction of sp³-hybridized carbons (Fsp3) is 0.400. The van der Waals surface area contributed by atoms with Crippen LogP contribution in [0.5, 0.6) is 0 Å². The SMILES string of the molecule is C[C@@H](C[NH+]1CC[NH+](Cc2ccccc2)CC1)c1ccccc1. The van der Waals surface area contributed by atoms with Gasteiger partial charge in [-0.1, -0.05) is 67.6 Å². The van der Waals surface area contributed by atoms with Gasteiger partial charge in [-0.25, -0.2) is 0 Å². The summed E-state index contributed by atoms with van der Waals surface area (Å²) < 4.78 is 0. The van der Waals surface area contributed by atoms with E-state index >= 15 is 0 Å². The van der Waals surface area contributed by atoms with Crippen molar-refractivity contribution in [1.82, 2.24) is 0 Å². The van der Waals surface area contributed by atoms with Gasteiger partial charge in [-0.15, -0.1) is 0 Å². The summed E-state index contributed by atoms with van der Waals surface area (Å²) in [6, 6.07) is 21.9. The lowest BCUT2D eigenvalue weighted by molar-refractivity contribution is -1.02. The van der Waals surface area contributed by atoms with Gasteiger partial charge in [0.2, 0.25) is 0 Å². The average molecular weight is 296 g/mol. The van der Waals surface area contributed by atoms with Crippen LogP contribution in [0.4, 0.5) is 0 Å². The van der Waals surface area contributed by atoms with Gasteiger partial charge >= 0.3 is 0 Å². The van der Waals surface area contributed by atoms with E-state index in [2.05, 4.69) is 67.6 Å². The van der Waals surface area contributed by atoms with E-state index in [4.69, 9.17) is 0 Å². The van der Waals surface area contributed by atoms with E-state index in [1.165, 1.54) is 50.4 Å². The smallest absolute Gasteiger partial charge is 0.127 e. The number of piperazine rings is 1. The lowest BCUT2D eigenvalue weighted by Gasteiger charge is -2.31. The van der Waals surface area contributed by atoms with Crippen molar-refractivity contribution in [2.24, 2.45) is 0 Å². The van der Waals surface area contributed by atoms with Gasteiger partial charge in [0.15, 0.2) is 0 Å². The predicted octanol–water partition coefficient (Wildman–Crippen LogP) is 0.774. The minimum Gasteiger partial charge on any atom is -0.325 e. The summed E-state index contributed by atoms with van der Waals surface area (Å²) in [7, 11) is 0. The first-order chi connectivity index (χ1) is 10.8. The second kappa shape index (κ2) is 7.57. The molecule has 1 saturated heterocycles. The van der Waals surface area contributed by atoms with Gasteiger partial charge in [-0.3, -0.25) is 0 Å². The Morgan fingerprint density at radius 2 is 1.32 bits per heavy atom. The van der Waals surface area contributed by atoms with Crippen molar-refractivity contribution in [2.45, 2.75) is 19.4 Å². The minimum absolute atomic E-state index is 0.659. The normalized spacial score (nSPS) is 23.1. The number of rotatable bonds is 5. The molecule has 0 aromatic heterocycles. The summed E-state index contributed by atoms with van der Waals surface area (Å²) in [4.78, 5) is 3.51. The molecule has 0 spiro atoms. The lowest BCUT2D eigenvalue weighted by Crippen LogP contribution is -3.27. The van der Waals surface area contributed by atoms with E-state index in [9.17, 15) is 0 Å². The summed E-state index contributed by atoms with van der Waals surface area (Å²) in [5.74, 6) is 0.659. The van der Waals surface area contributed by atoms with E-state index in [0.717, 1.165) is 0 Å². The van der Waals surface area contributed by atoms with Gasteiger partial charge in [0.1, 0.15) is 32.7 Å². The number of hydrogen-bond donors (Lipinski definition) is 2. The van der Waals surface area contributed by atoms with Crippen LogP contribution in [0.1, 0.15) is 24.0 Å². The fourth-order valence-corrected chi connectivity index (χ4v) is 3.55. The van der Waals surface area contributed by atoms with E-state index in [1.807, 2.05) is 0 Å². The lowest BCUT2D eigenvalue weighted by atomic mass is 10.0. The zero-order valence-corrected chi connectivity index (χ0v) is 13.6. The second-order valence-corrected chi connectivity index (χ2v) is 6.68. The first-order valence-electron chi connectivity index (χ1n) is 8.57. The van der Waals surface area contributed by atoms with Crippen LogP contribution in [-0.2, 0) is 6.54 Å². The maximum Gasteiger partial charge on any atom is 0.127 e. The summed E-state index contributed by atoms with van der Waals surface area (Å²) >= 11 is 0. The van der Waals surface area contributed by atoms with Gasteiger partial charge in [-0.2, -0.15) is 0 Å². The molecule has 1 atom stereocenters. The Bertz CT molecular complexity index is 544. The predicted molar refractivity (Wildman–Crippen MR) is 91.3 cm³/mol. The molecule has 0 bridgehead atoms. The molecule has 116 valence electrons. The third kappa shape index (κ3) is 4.19. The molecule has 0 unspecified atom stereocenters. The summed E-state index contributed by atoms with van der Waals surface area (Å²) in [6.07, 6.45) is 0. The molecule has 1 fully saturated rings. The Balaban J connectivity index is 1.46. The number of hydrogen-bond acceptors (Lipinski definition) is 0. The third-order valence-corrected chi connectivity index (χ3v) is 4.92. The summed E-state index contributed by atoms with van der Waals surface area (Å²) in [5, 5.41) is 0. The molecule has 0 radical (unpaired) electrons. The van der Waals surface area contributed by atoms with E-state index in [1.54, 1.807) is 9.80 Å². The molecule has 2 nitrogen and oxygen atoms in total. The van der Waals surface area contributed by atoms with Crippen molar-refractivity contribution in [3.8, 4) is 0 Å². The van der Waals surface area contributed by atoms with E-state index < -0.39 is 0 Å². The highest BCUT2D eigenvalue weighted by Gasteiger charge is 2.24. The third-order valence-electron chi connectivity index (χ3n) is 4.92. The van der Waals surface area contributed by atoms with Crippen LogP contribution in [0.2, 0.25) is 0 Å². The van der Waals surface area contributed by atoms with Gasteiger partial charge < -0.3 is 9.80 Å². The number of nitrogens with one attached hydrogen (secondary N) is 2. The van der Waals surface area contributed by atoms with Crippen LogP contribution in [0.25, 0.3) is 0 Å². The second-order valence-electron chi connectivity index (χ2n) is 6.68. The first kappa shape index (κ1) is 15.3. The summed E-state index contributed by atoms with van der Waals surface area (Å²) in [5.41, 5.74) is 2.95. The standard InChI is InChI=1S/C20H26N2/c1-18(20-10-6-3-7-11-20)16-21-12-14-22(15-13-21)17-19-8-4-2-5-9-19/h2-11,18H,12-17H2,1H3/p+2/t18-/m0/s1. The molecule has 2 heteroatoms. The molecule has 2 aromatic rings. The minimum atomic E-state index is 0.659. The van der Waals surface area contributed by atoms with E-state index in [-0.39, 0.29) is 0 Å². The molecule has 2 aromatic carbocycles. The Kier molecular flexibility index (Phi) is 5.25. The fourth-order valence-electron chi connectivity index (χ4n) is 3.55. The van der Waals surface area contributed by atoms with Crippen LogP contribution in [0.3, 0.4) is 0 Å². The number of benzene rings is 2. The maximum absolute atomic E-state index is 2.37. The molecule has 22 heavy (non-hydrogen) atoms. The monoisotopic (exact) mass is 296 g/mol. The Morgan fingerprint density at radius 3 is 1.95 bits per heavy atom. The van der Waals surface area contributed by atoms with Crippen LogP contribution in [-0.4, -0.2) is 32.7 Å². The highest BCUT2D eigenvalue weighted by atomic mass is 15.3. The van der Waals surface area contributed by atoms with Crippen LogP contribution >= 0.6 is 0 Å². The van der Waals surface area contributed by atoms with Crippen molar-refractivity contribution < 1.29 is 9.80 Å². The molecule has 2 N–H and O–H groups in total.